The van der Waals surface area contributed by atoms with Crippen LogP contribution in [0.25, 0.3) is 6.08 Å². The van der Waals surface area contributed by atoms with Gasteiger partial charge >= 0.3 is 0 Å². The summed E-state index contributed by atoms with van der Waals surface area (Å²) < 4.78 is 0. The predicted octanol–water partition coefficient (Wildman–Crippen LogP) is 1.48. The van der Waals surface area contributed by atoms with Crippen molar-refractivity contribution in [2.45, 2.75) is 6.92 Å². The lowest BCUT2D eigenvalue weighted by Crippen LogP contribution is -2.53. The summed E-state index contributed by atoms with van der Waals surface area (Å²) in [6.45, 7) is 12.7. The van der Waals surface area contributed by atoms with E-state index in [0.717, 1.165) is 65.4 Å². The maximum atomic E-state index is 12.6. The van der Waals surface area contributed by atoms with Gasteiger partial charge in [-0.1, -0.05) is 49.4 Å². The molecule has 0 spiro atoms. The van der Waals surface area contributed by atoms with Crippen molar-refractivity contribution in [2.24, 2.45) is 0 Å². The molecule has 0 atom stereocenters. The molecule has 1 aromatic rings. The minimum absolute atomic E-state index is 0.300. The first-order valence-corrected chi connectivity index (χ1v) is 9.91. The zero-order valence-corrected chi connectivity index (χ0v) is 16.0. The molecule has 1 amide bonds. The van der Waals surface area contributed by atoms with Crippen LogP contribution in [-0.2, 0) is 4.79 Å². The molecule has 2 heterocycles. The number of amides is 1. The molecule has 0 unspecified atom stereocenters. The van der Waals surface area contributed by atoms with Crippen molar-refractivity contribution in [1.82, 2.24) is 19.6 Å². The van der Waals surface area contributed by atoms with Gasteiger partial charge in [-0.05, 0) is 12.1 Å². The van der Waals surface area contributed by atoms with Gasteiger partial charge in [0, 0.05) is 58.9 Å². The largest absolute Gasteiger partial charge is 0.339 e. The minimum atomic E-state index is 0.300. The highest BCUT2D eigenvalue weighted by atomic mass is 16.2. The molecule has 2 fully saturated rings. The van der Waals surface area contributed by atoms with Crippen molar-refractivity contribution in [1.29, 1.82) is 0 Å². The zero-order valence-electron chi connectivity index (χ0n) is 16.0. The number of rotatable bonds is 6. The number of nitrogens with zero attached hydrogens (tertiary/aromatic N) is 4. The van der Waals surface area contributed by atoms with Gasteiger partial charge in [-0.25, -0.2) is 0 Å². The van der Waals surface area contributed by atoms with E-state index >= 15 is 0 Å². The molecule has 1 aromatic carbocycles. The Labute approximate surface area is 157 Å². The van der Waals surface area contributed by atoms with Crippen LogP contribution < -0.4 is 0 Å². The zero-order chi connectivity index (χ0) is 18.2. The number of carbonyl (C=O) groups excluding carboxylic acids is 1. The Hall–Kier alpha value is -1.69. The number of piperazine rings is 2. The van der Waals surface area contributed by atoms with Gasteiger partial charge in [0.2, 0.25) is 5.91 Å². The summed E-state index contributed by atoms with van der Waals surface area (Å²) in [5, 5.41) is 0. The maximum Gasteiger partial charge on any atom is 0.236 e. The van der Waals surface area contributed by atoms with Gasteiger partial charge in [0.15, 0.2) is 0 Å². The molecule has 2 aliphatic rings. The predicted molar refractivity (Wildman–Crippen MR) is 107 cm³/mol. The normalized spacial score (nSPS) is 20.7. The van der Waals surface area contributed by atoms with Gasteiger partial charge in [0.1, 0.15) is 0 Å². The van der Waals surface area contributed by atoms with Gasteiger partial charge in [-0.2, -0.15) is 0 Å². The number of hydrogen-bond donors (Lipinski definition) is 0. The van der Waals surface area contributed by atoms with Crippen LogP contribution >= 0.6 is 0 Å². The van der Waals surface area contributed by atoms with E-state index in [2.05, 4.69) is 58.0 Å². The summed E-state index contributed by atoms with van der Waals surface area (Å²) in [6, 6.07) is 10.4. The van der Waals surface area contributed by atoms with Crippen molar-refractivity contribution < 1.29 is 4.79 Å². The van der Waals surface area contributed by atoms with E-state index < -0.39 is 0 Å². The van der Waals surface area contributed by atoms with Crippen molar-refractivity contribution in [3.8, 4) is 0 Å². The molecule has 5 nitrogen and oxygen atoms in total. The third kappa shape index (κ3) is 5.66. The van der Waals surface area contributed by atoms with E-state index in [4.69, 9.17) is 0 Å². The molecule has 26 heavy (non-hydrogen) atoms. The highest BCUT2D eigenvalue weighted by Gasteiger charge is 2.23. The van der Waals surface area contributed by atoms with Gasteiger partial charge in [0.25, 0.3) is 0 Å². The SMILES string of the molecule is CCN1CCN(CC(=O)N2CCN(C/C=C/c3ccccc3)CC2)CC1. The standard InChI is InChI=1S/C21H32N4O/c1-2-22-11-13-24(14-12-22)19-21(26)25-17-15-23(16-18-25)10-6-9-20-7-4-3-5-8-20/h3-9H,2,10-19H2,1H3/b9-6+. The van der Waals surface area contributed by atoms with Crippen LogP contribution in [-0.4, -0.2) is 97.5 Å². The molecular weight excluding hydrogens is 324 g/mol. The van der Waals surface area contributed by atoms with Crippen molar-refractivity contribution >= 4 is 12.0 Å². The fourth-order valence-corrected chi connectivity index (χ4v) is 3.64. The van der Waals surface area contributed by atoms with Crippen LogP contribution in [0.15, 0.2) is 36.4 Å². The number of carbonyl (C=O) groups is 1. The fourth-order valence-electron chi connectivity index (χ4n) is 3.64. The molecule has 0 aromatic heterocycles. The lowest BCUT2D eigenvalue weighted by molar-refractivity contribution is -0.134. The van der Waals surface area contributed by atoms with Crippen LogP contribution in [0.5, 0.6) is 0 Å². The smallest absolute Gasteiger partial charge is 0.236 e. The van der Waals surface area contributed by atoms with Gasteiger partial charge in [-0.15, -0.1) is 0 Å². The highest BCUT2D eigenvalue weighted by Crippen LogP contribution is 2.07. The number of hydrogen-bond acceptors (Lipinski definition) is 4. The maximum absolute atomic E-state index is 12.6. The molecule has 0 saturated carbocycles. The van der Waals surface area contributed by atoms with E-state index in [-0.39, 0.29) is 0 Å². The van der Waals surface area contributed by atoms with E-state index in [1.165, 1.54) is 5.56 Å². The topological polar surface area (TPSA) is 30.0 Å². The second-order valence-electron chi connectivity index (χ2n) is 7.20. The molecule has 142 valence electrons. The Kier molecular flexibility index (Phi) is 7.23. The van der Waals surface area contributed by atoms with Gasteiger partial charge in [0.05, 0.1) is 6.54 Å². The Balaban J connectivity index is 1.35. The van der Waals surface area contributed by atoms with Crippen LogP contribution in [0, 0.1) is 0 Å². The first-order chi connectivity index (χ1) is 12.7. The summed E-state index contributed by atoms with van der Waals surface area (Å²) in [5.41, 5.74) is 1.24. The number of benzene rings is 1. The van der Waals surface area contributed by atoms with E-state index in [0.29, 0.717) is 12.5 Å². The van der Waals surface area contributed by atoms with Gasteiger partial charge < -0.3 is 9.80 Å². The second kappa shape index (κ2) is 9.86. The van der Waals surface area contributed by atoms with Crippen molar-refractivity contribution in [3.05, 3.63) is 42.0 Å². The molecular formula is C21H32N4O. The van der Waals surface area contributed by atoms with Gasteiger partial charge in [-0.3, -0.25) is 14.6 Å². The van der Waals surface area contributed by atoms with Crippen molar-refractivity contribution in [3.63, 3.8) is 0 Å². The van der Waals surface area contributed by atoms with Crippen LogP contribution in [0.2, 0.25) is 0 Å². The summed E-state index contributed by atoms with van der Waals surface area (Å²) >= 11 is 0. The summed E-state index contributed by atoms with van der Waals surface area (Å²) in [6.07, 6.45) is 4.40. The first-order valence-electron chi connectivity index (χ1n) is 9.91. The fraction of sp³-hybridized carbons (Fsp3) is 0.571. The lowest BCUT2D eigenvalue weighted by atomic mass is 10.2. The Morgan fingerprint density at radius 2 is 1.50 bits per heavy atom. The molecule has 5 heteroatoms. The molecule has 0 N–H and O–H groups in total. The average molecular weight is 357 g/mol. The quantitative estimate of drug-likeness (QED) is 0.772. The third-order valence-electron chi connectivity index (χ3n) is 5.47. The average Bonchev–Trinajstić information content (AvgIpc) is 2.70. The van der Waals surface area contributed by atoms with E-state index in [1.807, 2.05) is 11.0 Å². The van der Waals surface area contributed by atoms with Crippen LogP contribution in [0.1, 0.15) is 12.5 Å². The monoisotopic (exact) mass is 356 g/mol. The molecule has 0 aliphatic carbocycles. The van der Waals surface area contributed by atoms with Crippen LogP contribution in [0.3, 0.4) is 0 Å². The summed E-state index contributed by atoms with van der Waals surface area (Å²) in [7, 11) is 0. The molecule has 2 aliphatic heterocycles. The van der Waals surface area contributed by atoms with Crippen molar-refractivity contribution in [2.75, 3.05) is 72.0 Å². The Morgan fingerprint density at radius 1 is 0.885 bits per heavy atom. The van der Waals surface area contributed by atoms with Crippen LogP contribution in [0.4, 0.5) is 0 Å². The molecule has 3 rings (SSSR count). The van der Waals surface area contributed by atoms with E-state index in [1.54, 1.807) is 0 Å². The molecule has 2 saturated heterocycles. The third-order valence-corrected chi connectivity index (χ3v) is 5.47. The minimum Gasteiger partial charge on any atom is -0.339 e. The number of likely N-dealkylation sites (N-methyl/N-ethyl adjacent to an activating group) is 1. The second-order valence-corrected chi connectivity index (χ2v) is 7.20. The summed E-state index contributed by atoms with van der Waals surface area (Å²) in [5.74, 6) is 0.300. The lowest BCUT2D eigenvalue weighted by Gasteiger charge is -2.37. The molecule has 0 radical (unpaired) electrons. The Bertz CT molecular complexity index is 573. The Morgan fingerprint density at radius 3 is 2.15 bits per heavy atom. The molecule has 0 bridgehead atoms. The summed E-state index contributed by atoms with van der Waals surface area (Å²) in [4.78, 5) is 21.8. The first kappa shape index (κ1) is 19.1. The highest BCUT2D eigenvalue weighted by molar-refractivity contribution is 5.78. The van der Waals surface area contributed by atoms with E-state index in [9.17, 15) is 4.79 Å².